The molecule has 0 saturated carbocycles. The summed E-state index contributed by atoms with van der Waals surface area (Å²) in [6, 6.07) is 8.06. The van der Waals surface area contributed by atoms with Crippen molar-refractivity contribution in [1.29, 1.82) is 0 Å². The van der Waals surface area contributed by atoms with Crippen molar-refractivity contribution in [3.63, 3.8) is 0 Å². The molecule has 0 bridgehead atoms. The zero-order valence-electron chi connectivity index (χ0n) is 15.2. The van der Waals surface area contributed by atoms with E-state index in [9.17, 15) is 0 Å². The summed E-state index contributed by atoms with van der Waals surface area (Å²) in [5.41, 5.74) is 2.26. The summed E-state index contributed by atoms with van der Waals surface area (Å²) in [5.74, 6) is 0.863. The standard InChI is InChI=1S/C19H29N3O.ClH/c1-19(2,3)22-12-7-5-6-10-20-17-14-16(23-4)13-15-9-8-11-21-18(15)17;/h8-9,11,13-14,20,22H,5-7,10,12H2,1-4H3;1H. The van der Waals surface area contributed by atoms with E-state index >= 15 is 0 Å². The molecule has 0 amide bonds. The predicted octanol–water partition coefficient (Wildman–Crippen LogP) is 4.64. The molecule has 134 valence electrons. The van der Waals surface area contributed by atoms with Crippen LogP contribution in [0.5, 0.6) is 5.75 Å². The Bertz CT molecular complexity index is 626. The van der Waals surface area contributed by atoms with Crippen molar-refractivity contribution < 1.29 is 4.74 Å². The van der Waals surface area contributed by atoms with Crippen LogP contribution in [0.2, 0.25) is 0 Å². The van der Waals surface area contributed by atoms with Crippen molar-refractivity contribution in [1.82, 2.24) is 10.3 Å². The number of pyridine rings is 1. The first kappa shape index (κ1) is 20.5. The lowest BCUT2D eigenvalue weighted by Crippen LogP contribution is -2.36. The monoisotopic (exact) mass is 351 g/mol. The van der Waals surface area contributed by atoms with Crippen LogP contribution in [0.4, 0.5) is 5.69 Å². The van der Waals surface area contributed by atoms with Crippen LogP contribution in [0.15, 0.2) is 30.5 Å². The number of halogens is 1. The van der Waals surface area contributed by atoms with Crippen LogP contribution < -0.4 is 15.4 Å². The Morgan fingerprint density at radius 2 is 1.83 bits per heavy atom. The zero-order valence-corrected chi connectivity index (χ0v) is 16.0. The van der Waals surface area contributed by atoms with Crippen molar-refractivity contribution in [2.24, 2.45) is 0 Å². The molecular weight excluding hydrogens is 322 g/mol. The van der Waals surface area contributed by atoms with Gasteiger partial charge >= 0.3 is 0 Å². The highest BCUT2D eigenvalue weighted by Crippen LogP contribution is 2.27. The summed E-state index contributed by atoms with van der Waals surface area (Å²) in [5, 5.41) is 8.13. The normalized spacial score (nSPS) is 11.2. The molecule has 0 aliphatic carbocycles. The molecule has 0 aliphatic rings. The van der Waals surface area contributed by atoms with Crippen molar-refractivity contribution in [2.45, 2.75) is 45.6 Å². The van der Waals surface area contributed by atoms with Crippen molar-refractivity contribution in [3.8, 4) is 5.75 Å². The fourth-order valence-corrected chi connectivity index (χ4v) is 2.53. The van der Waals surface area contributed by atoms with E-state index in [1.54, 1.807) is 7.11 Å². The van der Waals surface area contributed by atoms with E-state index in [1.807, 2.05) is 24.4 Å². The summed E-state index contributed by atoms with van der Waals surface area (Å²) in [6.07, 6.45) is 5.40. The van der Waals surface area contributed by atoms with Crippen LogP contribution in [0.25, 0.3) is 10.9 Å². The number of rotatable bonds is 8. The number of aromatic nitrogens is 1. The van der Waals surface area contributed by atoms with Crippen LogP contribution in [-0.4, -0.2) is 30.7 Å². The second-order valence-electron chi connectivity index (χ2n) is 6.91. The molecular formula is C19H30ClN3O. The molecule has 2 rings (SSSR count). The number of anilines is 1. The molecule has 0 fully saturated rings. The van der Waals surface area contributed by atoms with E-state index in [2.05, 4.69) is 42.5 Å². The number of hydrogen-bond donors (Lipinski definition) is 2. The van der Waals surface area contributed by atoms with Gasteiger partial charge in [0, 0.05) is 29.7 Å². The molecule has 0 aliphatic heterocycles. The van der Waals surface area contributed by atoms with E-state index in [0.29, 0.717) is 0 Å². The SMILES string of the molecule is COc1cc(NCCCCCNC(C)(C)C)c2ncccc2c1.Cl. The molecule has 0 radical (unpaired) electrons. The predicted molar refractivity (Wildman–Crippen MR) is 106 cm³/mol. The van der Waals surface area contributed by atoms with Gasteiger partial charge < -0.3 is 15.4 Å². The van der Waals surface area contributed by atoms with Gasteiger partial charge in [-0.25, -0.2) is 0 Å². The topological polar surface area (TPSA) is 46.2 Å². The van der Waals surface area contributed by atoms with Crippen LogP contribution in [-0.2, 0) is 0 Å². The molecule has 1 aromatic carbocycles. The third kappa shape index (κ3) is 6.54. The van der Waals surface area contributed by atoms with Crippen LogP contribution in [0, 0.1) is 0 Å². The average molecular weight is 352 g/mol. The van der Waals surface area contributed by atoms with Gasteiger partial charge in [-0.15, -0.1) is 12.4 Å². The van der Waals surface area contributed by atoms with Gasteiger partial charge in [-0.2, -0.15) is 0 Å². The zero-order chi connectivity index (χ0) is 16.7. The molecule has 0 unspecified atom stereocenters. The molecule has 2 aromatic rings. The maximum atomic E-state index is 5.38. The number of hydrogen-bond acceptors (Lipinski definition) is 4. The van der Waals surface area contributed by atoms with E-state index in [0.717, 1.165) is 41.9 Å². The fourth-order valence-electron chi connectivity index (χ4n) is 2.53. The molecule has 0 spiro atoms. The Morgan fingerprint density at radius 1 is 1.08 bits per heavy atom. The molecule has 4 nitrogen and oxygen atoms in total. The lowest BCUT2D eigenvalue weighted by Gasteiger charge is -2.20. The highest BCUT2D eigenvalue weighted by Gasteiger charge is 2.07. The number of benzene rings is 1. The number of methoxy groups -OCH3 is 1. The van der Waals surface area contributed by atoms with Gasteiger partial charge in [0.15, 0.2) is 0 Å². The van der Waals surface area contributed by atoms with Gasteiger partial charge in [0.1, 0.15) is 5.75 Å². The highest BCUT2D eigenvalue weighted by atomic mass is 35.5. The quantitative estimate of drug-likeness (QED) is 0.680. The van der Waals surface area contributed by atoms with Gasteiger partial charge in [0.25, 0.3) is 0 Å². The Labute approximate surface area is 151 Å². The maximum absolute atomic E-state index is 5.38. The molecule has 2 N–H and O–H groups in total. The smallest absolute Gasteiger partial charge is 0.121 e. The Balaban J connectivity index is 0.00000288. The second kappa shape index (κ2) is 9.70. The van der Waals surface area contributed by atoms with Gasteiger partial charge in [0.05, 0.1) is 18.3 Å². The molecule has 5 heteroatoms. The third-order valence-electron chi connectivity index (χ3n) is 3.74. The van der Waals surface area contributed by atoms with E-state index < -0.39 is 0 Å². The van der Waals surface area contributed by atoms with Crippen LogP contribution in [0.3, 0.4) is 0 Å². The Hall–Kier alpha value is -1.52. The number of ether oxygens (including phenoxy) is 1. The first-order valence-electron chi connectivity index (χ1n) is 8.41. The first-order chi connectivity index (χ1) is 11.0. The minimum absolute atomic E-state index is 0. The molecule has 24 heavy (non-hydrogen) atoms. The number of nitrogens with zero attached hydrogens (tertiary/aromatic N) is 1. The summed E-state index contributed by atoms with van der Waals surface area (Å²) < 4.78 is 5.38. The summed E-state index contributed by atoms with van der Waals surface area (Å²) in [6.45, 7) is 8.64. The summed E-state index contributed by atoms with van der Waals surface area (Å²) in [4.78, 5) is 4.48. The molecule has 0 saturated heterocycles. The minimum Gasteiger partial charge on any atom is -0.497 e. The van der Waals surface area contributed by atoms with Crippen LogP contribution >= 0.6 is 12.4 Å². The molecule has 0 atom stereocenters. The van der Waals surface area contributed by atoms with Crippen molar-refractivity contribution in [3.05, 3.63) is 30.5 Å². The average Bonchev–Trinajstić information content (AvgIpc) is 2.52. The Kier molecular flexibility index (Phi) is 8.29. The lowest BCUT2D eigenvalue weighted by molar-refractivity contribution is 0.415. The van der Waals surface area contributed by atoms with E-state index in [1.165, 1.54) is 12.8 Å². The molecule has 1 heterocycles. The lowest BCUT2D eigenvalue weighted by atomic mass is 10.1. The van der Waals surface area contributed by atoms with E-state index in [4.69, 9.17) is 4.74 Å². The van der Waals surface area contributed by atoms with Gasteiger partial charge in [-0.05, 0) is 52.3 Å². The Morgan fingerprint density at radius 3 is 2.54 bits per heavy atom. The van der Waals surface area contributed by atoms with Gasteiger partial charge in [0.2, 0.25) is 0 Å². The number of nitrogens with one attached hydrogen (secondary N) is 2. The third-order valence-corrected chi connectivity index (χ3v) is 3.74. The van der Waals surface area contributed by atoms with Crippen LogP contribution in [0.1, 0.15) is 40.0 Å². The first-order valence-corrected chi connectivity index (χ1v) is 8.41. The van der Waals surface area contributed by atoms with Gasteiger partial charge in [-0.1, -0.05) is 12.5 Å². The second-order valence-corrected chi connectivity index (χ2v) is 6.91. The fraction of sp³-hybridized carbons (Fsp3) is 0.526. The van der Waals surface area contributed by atoms with Gasteiger partial charge in [-0.3, -0.25) is 4.98 Å². The largest absolute Gasteiger partial charge is 0.497 e. The summed E-state index contributed by atoms with van der Waals surface area (Å²) in [7, 11) is 1.70. The minimum atomic E-state index is 0. The number of unbranched alkanes of at least 4 members (excludes halogenated alkanes) is 2. The molecule has 1 aromatic heterocycles. The van der Waals surface area contributed by atoms with Crippen molar-refractivity contribution in [2.75, 3.05) is 25.5 Å². The summed E-state index contributed by atoms with van der Waals surface area (Å²) >= 11 is 0. The van der Waals surface area contributed by atoms with Crippen molar-refractivity contribution >= 4 is 29.0 Å². The highest BCUT2D eigenvalue weighted by molar-refractivity contribution is 5.91. The number of fused-ring (bicyclic) bond motifs is 1. The van der Waals surface area contributed by atoms with E-state index in [-0.39, 0.29) is 17.9 Å². The maximum Gasteiger partial charge on any atom is 0.121 e.